The average Bonchev–Trinajstić information content (AvgIpc) is 2.08. The van der Waals surface area contributed by atoms with Crippen LogP contribution in [0.2, 0.25) is 0 Å². The Bertz CT molecular complexity index is 3500. The number of aryl methyl sites for hydroxylation is 1. The molecule has 6 amide bonds. The number of carbonyl (C=O) groups excluding carboxylic acids is 4. The Morgan fingerprint density at radius 3 is 1.82 bits per heavy atom. The van der Waals surface area contributed by atoms with Gasteiger partial charge in [-0.05, 0) is 211 Å². The van der Waals surface area contributed by atoms with E-state index in [1.807, 2.05) is 65.8 Å². The molecule has 7 aromatic carbocycles. The lowest BCUT2D eigenvalue weighted by atomic mass is 10.0. The Morgan fingerprint density at radius 2 is 1.18 bits per heavy atom. The van der Waals surface area contributed by atoms with Crippen LogP contribution in [0.5, 0.6) is 34.5 Å². The van der Waals surface area contributed by atoms with Crippen molar-refractivity contribution in [3.05, 3.63) is 185 Å². The zero-order chi connectivity index (χ0) is 65.4. The first-order valence-corrected chi connectivity index (χ1v) is 32.2. The number of rotatable bonds is 26. The summed E-state index contributed by atoms with van der Waals surface area (Å²) >= 11 is 0. The second-order valence-electron chi connectivity index (χ2n) is 23.1. The third kappa shape index (κ3) is 20.4. The summed E-state index contributed by atoms with van der Waals surface area (Å²) in [5, 5.41) is 30.0. The lowest BCUT2D eigenvalue weighted by Crippen LogP contribution is -2.43. The minimum Gasteiger partial charge on any atom is -0.490 e. The van der Waals surface area contributed by atoms with Crippen molar-refractivity contribution in [3.8, 4) is 34.5 Å². The number of urea groups is 2. The standard InChI is InChI=1S/C40H49N5O4.C33H41FN4O5/c1-5-31(6-2)42-40(47)43-33-17-22-37(38(27-33)48-7-3)49-36-20-15-32(16-21-36)41-39(46)30-13-18-34(19-14-30)44(4)35-23-25-45(26-24-35)28-29-11-9-8-10-12-29;1-4-24(5-2)37-33(41)38-29-9-8-27(20-28(29)34)43-30-11-7-25(18-21(30)3)36-32(40)23-6-10-31(22(19-23)14-17-39)42-26-12-15-35-16-13-26/h8-22,27,31,35H,5-7,23-26,28H2,1-4H3,(H,41,46)(H2,42,43,47);6-11,18-20,24,26,35,39H,4-5,12-17H2,1-3H3,(H,36,40)(H2,37,38,41). The van der Waals surface area contributed by atoms with E-state index in [0.717, 1.165) is 101 Å². The Labute approximate surface area is 541 Å². The van der Waals surface area contributed by atoms with Crippen molar-refractivity contribution in [2.75, 3.05) is 72.6 Å². The highest BCUT2D eigenvalue weighted by atomic mass is 19.1. The number of amides is 6. The van der Waals surface area contributed by atoms with Crippen molar-refractivity contribution in [2.24, 2.45) is 0 Å². The molecule has 2 heterocycles. The van der Waals surface area contributed by atoms with Gasteiger partial charge in [0, 0.05) is 97.4 Å². The number of nitrogens with one attached hydrogen (secondary N) is 7. The van der Waals surface area contributed by atoms with Crippen molar-refractivity contribution >= 4 is 52.3 Å². The molecule has 18 nitrogen and oxygen atoms in total. The fourth-order valence-electron chi connectivity index (χ4n) is 11.0. The summed E-state index contributed by atoms with van der Waals surface area (Å²) in [6, 6.07) is 45.6. The number of aliphatic hydroxyl groups is 1. The topological polar surface area (TPSA) is 216 Å². The summed E-state index contributed by atoms with van der Waals surface area (Å²) in [5.41, 5.74) is 6.94. The predicted molar refractivity (Wildman–Crippen MR) is 364 cm³/mol. The minimum absolute atomic E-state index is 0.0226. The fourth-order valence-corrected chi connectivity index (χ4v) is 11.0. The number of hydrogen-bond donors (Lipinski definition) is 8. The van der Waals surface area contributed by atoms with Crippen molar-refractivity contribution in [3.63, 3.8) is 0 Å². The van der Waals surface area contributed by atoms with Crippen molar-refractivity contribution in [1.82, 2.24) is 20.9 Å². The van der Waals surface area contributed by atoms with E-state index in [1.165, 1.54) is 17.7 Å². The van der Waals surface area contributed by atoms with Crippen LogP contribution in [0.4, 0.5) is 42.4 Å². The molecule has 0 radical (unpaired) electrons. The number of nitrogens with zero attached hydrogens (tertiary/aromatic N) is 2. The highest BCUT2D eigenvalue weighted by Crippen LogP contribution is 2.36. The minimum atomic E-state index is -0.619. The first-order valence-electron chi connectivity index (χ1n) is 32.2. The predicted octanol–water partition coefficient (Wildman–Crippen LogP) is 14.7. The molecule has 0 bridgehead atoms. The number of hydrogen-bond acceptors (Lipinski definition) is 12. The van der Waals surface area contributed by atoms with Crippen LogP contribution in [0.15, 0.2) is 152 Å². The SMILES string of the molecule is CCC(CC)NC(=O)Nc1ccc(Oc2ccc(NC(=O)c3ccc(OC4CCNCC4)c(CCO)c3)cc2C)cc1F.CCOc1cc(NC(=O)NC(CC)CC)ccc1Oc1ccc(NC(=O)c2ccc(N(C)C3CCN(Cc4ccccc4)CC3)cc2)cc1. The second-order valence-corrected chi connectivity index (χ2v) is 23.1. The molecule has 7 aromatic rings. The Morgan fingerprint density at radius 1 is 0.609 bits per heavy atom. The summed E-state index contributed by atoms with van der Waals surface area (Å²) in [6.45, 7) is 17.1. The highest BCUT2D eigenvalue weighted by molar-refractivity contribution is 6.05. The van der Waals surface area contributed by atoms with E-state index in [-0.39, 0.29) is 54.1 Å². The maximum Gasteiger partial charge on any atom is 0.319 e. The lowest BCUT2D eigenvalue weighted by molar-refractivity contribution is 0.101. The second kappa shape index (κ2) is 34.9. The molecule has 8 N–H and O–H groups in total. The van der Waals surface area contributed by atoms with Gasteiger partial charge in [-0.2, -0.15) is 0 Å². The number of aliphatic hydroxyl groups excluding tert-OH is 1. The van der Waals surface area contributed by atoms with Gasteiger partial charge in [-0.15, -0.1) is 0 Å². The molecule has 2 aliphatic rings. The van der Waals surface area contributed by atoms with Gasteiger partial charge in [0.2, 0.25) is 0 Å². The number of anilines is 5. The molecule has 488 valence electrons. The van der Waals surface area contributed by atoms with Crippen LogP contribution in [0.1, 0.15) is 123 Å². The Hall–Kier alpha value is -9.17. The lowest BCUT2D eigenvalue weighted by Gasteiger charge is -2.38. The number of benzene rings is 7. The van der Waals surface area contributed by atoms with Gasteiger partial charge in [-0.3, -0.25) is 14.5 Å². The van der Waals surface area contributed by atoms with E-state index in [2.05, 4.69) is 84.4 Å². The van der Waals surface area contributed by atoms with Gasteiger partial charge in [0.05, 0.1) is 12.3 Å². The van der Waals surface area contributed by atoms with Gasteiger partial charge in [0.25, 0.3) is 11.8 Å². The van der Waals surface area contributed by atoms with Crippen LogP contribution < -0.4 is 61.1 Å². The van der Waals surface area contributed by atoms with E-state index >= 15 is 0 Å². The summed E-state index contributed by atoms with van der Waals surface area (Å²) in [5.74, 6) is 2.00. The first kappa shape index (κ1) is 68.7. The van der Waals surface area contributed by atoms with Crippen LogP contribution in [-0.4, -0.2) is 105 Å². The molecule has 2 fully saturated rings. The van der Waals surface area contributed by atoms with Gasteiger partial charge in [-0.1, -0.05) is 58.0 Å². The molecular weight excluding hydrogens is 1170 g/mol. The molecule has 92 heavy (non-hydrogen) atoms. The van der Waals surface area contributed by atoms with Crippen LogP contribution in [-0.2, 0) is 13.0 Å². The number of halogens is 1. The van der Waals surface area contributed by atoms with Gasteiger partial charge < -0.3 is 66.2 Å². The van der Waals surface area contributed by atoms with Crippen LogP contribution in [0, 0.1) is 12.7 Å². The largest absolute Gasteiger partial charge is 0.490 e. The molecule has 0 unspecified atom stereocenters. The summed E-state index contributed by atoms with van der Waals surface area (Å²) in [6.07, 6.45) is 7.84. The van der Waals surface area contributed by atoms with E-state index in [9.17, 15) is 28.7 Å². The fraction of sp³-hybridized carbons (Fsp3) is 0.370. The maximum absolute atomic E-state index is 14.7. The molecule has 2 aliphatic heterocycles. The molecule has 0 atom stereocenters. The summed E-state index contributed by atoms with van der Waals surface area (Å²) in [4.78, 5) is 55.6. The van der Waals surface area contributed by atoms with Crippen molar-refractivity contribution < 1.29 is 47.6 Å². The van der Waals surface area contributed by atoms with Crippen molar-refractivity contribution in [1.29, 1.82) is 0 Å². The zero-order valence-electron chi connectivity index (χ0n) is 54.0. The normalized spacial score (nSPS) is 13.5. The molecule has 9 rings (SSSR count). The molecule has 2 saturated heterocycles. The third-order valence-electron chi connectivity index (χ3n) is 16.5. The molecule has 0 aromatic heterocycles. The van der Waals surface area contributed by atoms with E-state index in [0.29, 0.717) is 76.0 Å². The highest BCUT2D eigenvalue weighted by Gasteiger charge is 2.24. The van der Waals surface area contributed by atoms with Gasteiger partial charge in [0.15, 0.2) is 11.5 Å². The molecular formula is C73H90FN9O9. The number of ether oxygens (including phenoxy) is 4. The average molecular weight is 1260 g/mol. The van der Waals surface area contributed by atoms with E-state index in [4.69, 9.17) is 18.9 Å². The number of carbonyl (C=O) groups is 4. The first-order chi connectivity index (χ1) is 44.6. The summed E-state index contributed by atoms with van der Waals surface area (Å²) < 4.78 is 38.7. The Balaban J connectivity index is 0.000000239. The van der Waals surface area contributed by atoms with E-state index < -0.39 is 11.8 Å². The van der Waals surface area contributed by atoms with Crippen molar-refractivity contribution in [2.45, 2.75) is 130 Å². The van der Waals surface area contributed by atoms with Crippen LogP contribution >= 0.6 is 0 Å². The summed E-state index contributed by atoms with van der Waals surface area (Å²) in [7, 11) is 2.15. The molecule has 0 saturated carbocycles. The van der Waals surface area contributed by atoms with Crippen LogP contribution in [0.25, 0.3) is 0 Å². The number of piperidine rings is 2. The number of likely N-dealkylation sites (tertiary alicyclic amines) is 1. The maximum atomic E-state index is 14.7. The van der Waals surface area contributed by atoms with Crippen LogP contribution in [0.3, 0.4) is 0 Å². The van der Waals surface area contributed by atoms with Gasteiger partial charge in [0.1, 0.15) is 34.9 Å². The monoisotopic (exact) mass is 1260 g/mol. The molecule has 19 heteroatoms. The van der Waals surface area contributed by atoms with Gasteiger partial charge >= 0.3 is 12.1 Å². The smallest absolute Gasteiger partial charge is 0.319 e. The molecule has 0 spiro atoms. The third-order valence-corrected chi connectivity index (χ3v) is 16.5. The van der Waals surface area contributed by atoms with E-state index in [1.54, 1.807) is 84.9 Å². The molecule has 0 aliphatic carbocycles. The Kier molecular flexibility index (Phi) is 26.0. The quantitative estimate of drug-likeness (QED) is 0.0254. The zero-order valence-corrected chi connectivity index (χ0v) is 54.0. The van der Waals surface area contributed by atoms with Gasteiger partial charge in [-0.25, -0.2) is 14.0 Å².